The van der Waals surface area contributed by atoms with Crippen LogP contribution in [0, 0.1) is 0 Å². The maximum atomic E-state index is 11.7. The average Bonchev–Trinajstić information content (AvgIpc) is 2.65. The van der Waals surface area contributed by atoms with Crippen molar-refractivity contribution >= 4 is 5.91 Å². The molecule has 0 radical (unpaired) electrons. The van der Waals surface area contributed by atoms with Gasteiger partial charge in [0.05, 0.1) is 6.54 Å². The van der Waals surface area contributed by atoms with E-state index in [-0.39, 0.29) is 17.5 Å². The van der Waals surface area contributed by atoms with Crippen molar-refractivity contribution in [2.45, 2.75) is 51.1 Å². The highest BCUT2D eigenvalue weighted by Crippen LogP contribution is 2.33. The van der Waals surface area contributed by atoms with E-state index < -0.39 is 0 Å². The molecule has 3 N–H and O–H groups in total. The minimum atomic E-state index is 0.0638. The maximum Gasteiger partial charge on any atom is 0.234 e. The van der Waals surface area contributed by atoms with Crippen molar-refractivity contribution in [3.8, 4) is 0 Å². The molecule has 0 aromatic carbocycles. The van der Waals surface area contributed by atoms with Crippen molar-refractivity contribution in [2.24, 2.45) is 5.73 Å². The van der Waals surface area contributed by atoms with Crippen molar-refractivity contribution in [3.63, 3.8) is 0 Å². The molecule has 0 aromatic rings. The first-order chi connectivity index (χ1) is 7.50. The molecular formula is C12H25N3O. The monoisotopic (exact) mass is 227 g/mol. The highest BCUT2D eigenvalue weighted by atomic mass is 16.2. The summed E-state index contributed by atoms with van der Waals surface area (Å²) in [6.45, 7) is 5.06. The molecule has 0 heterocycles. The Labute approximate surface area is 98.6 Å². The van der Waals surface area contributed by atoms with Crippen LogP contribution in [0.15, 0.2) is 0 Å². The molecule has 1 fully saturated rings. The third-order valence-electron chi connectivity index (χ3n) is 3.55. The third-order valence-corrected chi connectivity index (χ3v) is 3.55. The van der Waals surface area contributed by atoms with Crippen molar-refractivity contribution in [1.29, 1.82) is 0 Å². The van der Waals surface area contributed by atoms with E-state index in [0.29, 0.717) is 13.1 Å². The number of carbonyl (C=O) groups excluding carboxylic acids is 1. The smallest absolute Gasteiger partial charge is 0.234 e. The third kappa shape index (κ3) is 3.19. The maximum absolute atomic E-state index is 11.7. The first kappa shape index (κ1) is 13.5. The normalized spacial score (nSPS) is 19.4. The summed E-state index contributed by atoms with van der Waals surface area (Å²) >= 11 is 0. The molecule has 4 nitrogen and oxygen atoms in total. The quantitative estimate of drug-likeness (QED) is 0.727. The highest BCUT2D eigenvalue weighted by Gasteiger charge is 2.36. The van der Waals surface area contributed by atoms with Crippen LogP contribution in [0.1, 0.15) is 39.5 Å². The van der Waals surface area contributed by atoms with E-state index in [4.69, 9.17) is 5.73 Å². The summed E-state index contributed by atoms with van der Waals surface area (Å²) in [5.74, 6) is 0.0947. The number of hydrogen-bond donors (Lipinski definition) is 2. The molecule has 1 amide bonds. The zero-order valence-electron chi connectivity index (χ0n) is 10.8. The van der Waals surface area contributed by atoms with E-state index >= 15 is 0 Å². The van der Waals surface area contributed by atoms with Crippen LogP contribution in [0.5, 0.6) is 0 Å². The van der Waals surface area contributed by atoms with Crippen LogP contribution >= 0.6 is 0 Å². The molecule has 0 spiro atoms. The van der Waals surface area contributed by atoms with Crippen LogP contribution in [0.4, 0.5) is 0 Å². The van der Waals surface area contributed by atoms with Crippen molar-refractivity contribution in [2.75, 3.05) is 20.1 Å². The van der Waals surface area contributed by atoms with Gasteiger partial charge in [0.2, 0.25) is 5.91 Å². The van der Waals surface area contributed by atoms with E-state index in [1.165, 1.54) is 12.8 Å². The number of hydrogen-bond acceptors (Lipinski definition) is 3. The highest BCUT2D eigenvalue weighted by molar-refractivity contribution is 5.78. The molecule has 0 unspecified atom stereocenters. The summed E-state index contributed by atoms with van der Waals surface area (Å²) in [7, 11) is 2.01. The summed E-state index contributed by atoms with van der Waals surface area (Å²) in [6, 6.07) is 0.207. The SMILES string of the molecule is CC(C)NC(=O)CN(C)C1(CN)CCCC1. The second-order valence-electron chi connectivity index (χ2n) is 5.21. The molecule has 1 saturated carbocycles. The van der Waals surface area contributed by atoms with Gasteiger partial charge in [-0.1, -0.05) is 12.8 Å². The first-order valence-corrected chi connectivity index (χ1v) is 6.21. The van der Waals surface area contributed by atoms with Gasteiger partial charge in [-0.2, -0.15) is 0 Å². The Morgan fingerprint density at radius 1 is 1.44 bits per heavy atom. The number of nitrogens with two attached hydrogens (primary N) is 1. The van der Waals surface area contributed by atoms with Crippen LogP contribution in [0.3, 0.4) is 0 Å². The van der Waals surface area contributed by atoms with Crippen molar-refractivity contribution < 1.29 is 4.79 Å². The lowest BCUT2D eigenvalue weighted by atomic mass is 9.96. The standard InChI is InChI=1S/C12H25N3O/c1-10(2)14-11(16)8-15(3)12(9-13)6-4-5-7-12/h10H,4-9,13H2,1-3H3,(H,14,16). The number of carbonyl (C=O) groups is 1. The summed E-state index contributed by atoms with van der Waals surface area (Å²) in [6.07, 6.45) is 4.70. The van der Waals surface area contributed by atoms with E-state index in [2.05, 4.69) is 10.2 Å². The zero-order valence-corrected chi connectivity index (χ0v) is 10.8. The molecule has 4 heteroatoms. The lowest BCUT2D eigenvalue weighted by Gasteiger charge is -2.37. The Morgan fingerprint density at radius 2 is 2.00 bits per heavy atom. The molecule has 0 atom stereocenters. The Kier molecular flexibility index (Phi) is 4.74. The fraction of sp³-hybridized carbons (Fsp3) is 0.917. The van der Waals surface area contributed by atoms with Crippen LogP contribution in [-0.4, -0.2) is 42.5 Å². The number of rotatable bonds is 5. The summed E-state index contributed by atoms with van der Waals surface area (Å²) < 4.78 is 0. The second-order valence-corrected chi connectivity index (χ2v) is 5.21. The second kappa shape index (κ2) is 5.64. The molecule has 1 rings (SSSR count). The number of amides is 1. The average molecular weight is 227 g/mol. The number of likely N-dealkylation sites (N-methyl/N-ethyl adjacent to an activating group) is 1. The van der Waals surface area contributed by atoms with Gasteiger partial charge >= 0.3 is 0 Å². The van der Waals surface area contributed by atoms with Gasteiger partial charge in [0, 0.05) is 18.1 Å². The minimum absolute atomic E-state index is 0.0638. The summed E-state index contributed by atoms with van der Waals surface area (Å²) in [5.41, 5.74) is 5.94. The van der Waals surface area contributed by atoms with Crippen LogP contribution < -0.4 is 11.1 Å². The Morgan fingerprint density at radius 3 is 2.44 bits per heavy atom. The number of nitrogens with one attached hydrogen (secondary N) is 1. The predicted octanol–water partition coefficient (Wildman–Crippen LogP) is 0.714. The van der Waals surface area contributed by atoms with E-state index in [1.54, 1.807) is 0 Å². The molecule has 1 aliphatic carbocycles. The van der Waals surface area contributed by atoms with Gasteiger partial charge in [-0.15, -0.1) is 0 Å². The molecule has 0 aromatic heterocycles. The van der Waals surface area contributed by atoms with Gasteiger partial charge in [0.15, 0.2) is 0 Å². The van der Waals surface area contributed by atoms with E-state index in [0.717, 1.165) is 12.8 Å². The van der Waals surface area contributed by atoms with Crippen LogP contribution in [-0.2, 0) is 4.79 Å². The fourth-order valence-corrected chi connectivity index (χ4v) is 2.53. The van der Waals surface area contributed by atoms with Gasteiger partial charge in [-0.25, -0.2) is 0 Å². The Balaban J connectivity index is 2.49. The molecule has 0 saturated heterocycles. The Bertz CT molecular complexity index is 234. The summed E-state index contributed by atoms with van der Waals surface area (Å²) in [4.78, 5) is 13.8. The van der Waals surface area contributed by atoms with Crippen molar-refractivity contribution in [3.05, 3.63) is 0 Å². The molecule has 16 heavy (non-hydrogen) atoms. The number of nitrogens with zero attached hydrogens (tertiary/aromatic N) is 1. The topological polar surface area (TPSA) is 58.4 Å². The van der Waals surface area contributed by atoms with E-state index in [9.17, 15) is 4.79 Å². The zero-order chi connectivity index (χ0) is 12.2. The molecule has 1 aliphatic rings. The minimum Gasteiger partial charge on any atom is -0.353 e. The van der Waals surface area contributed by atoms with Crippen LogP contribution in [0.2, 0.25) is 0 Å². The molecule has 0 bridgehead atoms. The first-order valence-electron chi connectivity index (χ1n) is 6.21. The van der Waals surface area contributed by atoms with Gasteiger partial charge < -0.3 is 11.1 Å². The van der Waals surface area contributed by atoms with Gasteiger partial charge in [-0.3, -0.25) is 9.69 Å². The molecular weight excluding hydrogens is 202 g/mol. The van der Waals surface area contributed by atoms with E-state index in [1.807, 2.05) is 20.9 Å². The Hall–Kier alpha value is -0.610. The molecule has 0 aliphatic heterocycles. The molecule has 94 valence electrons. The van der Waals surface area contributed by atoms with Gasteiger partial charge in [0.1, 0.15) is 0 Å². The van der Waals surface area contributed by atoms with Gasteiger partial charge in [0.25, 0.3) is 0 Å². The largest absolute Gasteiger partial charge is 0.353 e. The predicted molar refractivity (Wildman–Crippen MR) is 66.2 cm³/mol. The lowest BCUT2D eigenvalue weighted by Crippen LogP contribution is -2.53. The van der Waals surface area contributed by atoms with Crippen molar-refractivity contribution in [1.82, 2.24) is 10.2 Å². The van der Waals surface area contributed by atoms with Crippen LogP contribution in [0.25, 0.3) is 0 Å². The van der Waals surface area contributed by atoms with Gasteiger partial charge in [-0.05, 0) is 33.7 Å². The lowest BCUT2D eigenvalue weighted by molar-refractivity contribution is -0.123. The fourth-order valence-electron chi connectivity index (χ4n) is 2.53. The summed E-state index contributed by atoms with van der Waals surface area (Å²) in [5, 5.41) is 2.92.